The molecule has 1 heterocycles. The summed E-state index contributed by atoms with van der Waals surface area (Å²) in [4.78, 5) is 13.6. The van der Waals surface area contributed by atoms with Crippen LogP contribution in [0.3, 0.4) is 0 Å². The normalized spacial score (nSPS) is 10.7. The maximum absolute atomic E-state index is 12.5. The monoisotopic (exact) mass is 367 g/mol. The standard InChI is InChI=1S/C19H21N5OS/c1-12-7-8-13(2)14(9-12)11-24-18(20)17(22-23-24)19(25)21-15-5-4-6-16(10-15)26-3/h4-10H,11,20H2,1-3H3,(H,21,25). The van der Waals surface area contributed by atoms with Crippen molar-refractivity contribution in [1.29, 1.82) is 0 Å². The van der Waals surface area contributed by atoms with E-state index in [-0.39, 0.29) is 17.4 Å². The predicted octanol–water partition coefficient (Wildman–Crippen LogP) is 3.50. The second kappa shape index (κ2) is 7.61. The first-order chi connectivity index (χ1) is 12.5. The fraction of sp³-hybridized carbons (Fsp3) is 0.211. The van der Waals surface area contributed by atoms with Gasteiger partial charge in [0.05, 0.1) is 6.54 Å². The number of nitrogens with two attached hydrogens (primary N) is 1. The lowest BCUT2D eigenvalue weighted by atomic mass is 10.1. The number of rotatable bonds is 5. The lowest BCUT2D eigenvalue weighted by molar-refractivity contribution is 0.102. The Morgan fingerprint density at radius 3 is 2.81 bits per heavy atom. The third-order valence-corrected chi connectivity index (χ3v) is 4.87. The molecule has 0 saturated heterocycles. The number of nitrogen functional groups attached to an aromatic ring is 1. The number of hydrogen-bond acceptors (Lipinski definition) is 5. The van der Waals surface area contributed by atoms with Crippen molar-refractivity contribution in [3.63, 3.8) is 0 Å². The lowest BCUT2D eigenvalue weighted by Crippen LogP contribution is -2.15. The third-order valence-electron chi connectivity index (χ3n) is 4.14. The Balaban J connectivity index is 1.79. The highest BCUT2D eigenvalue weighted by Gasteiger charge is 2.18. The molecular weight excluding hydrogens is 346 g/mol. The minimum absolute atomic E-state index is 0.130. The summed E-state index contributed by atoms with van der Waals surface area (Å²) < 4.78 is 1.55. The summed E-state index contributed by atoms with van der Waals surface area (Å²) >= 11 is 1.61. The Labute approximate surface area is 156 Å². The fourth-order valence-electron chi connectivity index (χ4n) is 2.62. The van der Waals surface area contributed by atoms with Crippen molar-refractivity contribution >= 4 is 29.2 Å². The molecule has 3 N–H and O–H groups in total. The number of anilines is 2. The molecule has 1 aromatic heterocycles. The quantitative estimate of drug-likeness (QED) is 0.674. The van der Waals surface area contributed by atoms with Crippen molar-refractivity contribution in [3.8, 4) is 0 Å². The van der Waals surface area contributed by atoms with Crippen molar-refractivity contribution < 1.29 is 4.79 Å². The maximum Gasteiger partial charge on any atom is 0.280 e. The van der Waals surface area contributed by atoms with E-state index in [1.165, 1.54) is 0 Å². The van der Waals surface area contributed by atoms with Gasteiger partial charge < -0.3 is 11.1 Å². The van der Waals surface area contributed by atoms with E-state index in [0.717, 1.165) is 21.6 Å². The molecule has 0 fully saturated rings. The highest BCUT2D eigenvalue weighted by molar-refractivity contribution is 7.98. The van der Waals surface area contributed by atoms with E-state index in [1.807, 2.05) is 44.4 Å². The molecule has 0 spiro atoms. The minimum atomic E-state index is -0.368. The lowest BCUT2D eigenvalue weighted by Gasteiger charge is -2.08. The zero-order chi connectivity index (χ0) is 18.7. The fourth-order valence-corrected chi connectivity index (χ4v) is 3.08. The van der Waals surface area contributed by atoms with E-state index in [9.17, 15) is 4.79 Å². The number of aromatic nitrogens is 3. The van der Waals surface area contributed by atoms with Gasteiger partial charge in [0.2, 0.25) is 0 Å². The summed E-state index contributed by atoms with van der Waals surface area (Å²) in [5, 5.41) is 10.9. The van der Waals surface area contributed by atoms with Gasteiger partial charge in [0.25, 0.3) is 5.91 Å². The molecular formula is C19H21N5OS. The van der Waals surface area contributed by atoms with Crippen molar-refractivity contribution in [2.75, 3.05) is 17.3 Å². The molecule has 0 aliphatic rings. The van der Waals surface area contributed by atoms with Crippen molar-refractivity contribution in [3.05, 3.63) is 64.8 Å². The number of hydrogen-bond donors (Lipinski definition) is 2. The van der Waals surface area contributed by atoms with E-state index in [1.54, 1.807) is 16.4 Å². The average Bonchev–Trinajstić information content (AvgIpc) is 2.99. The zero-order valence-electron chi connectivity index (χ0n) is 15.0. The van der Waals surface area contributed by atoms with Crippen LogP contribution < -0.4 is 11.1 Å². The van der Waals surface area contributed by atoms with E-state index in [0.29, 0.717) is 12.2 Å². The zero-order valence-corrected chi connectivity index (χ0v) is 15.8. The maximum atomic E-state index is 12.5. The Morgan fingerprint density at radius 2 is 2.04 bits per heavy atom. The molecule has 0 radical (unpaired) electrons. The first kappa shape index (κ1) is 18.0. The van der Waals surface area contributed by atoms with Crippen LogP contribution in [0.2, 0.25) is 0 Å². The van der Waals surface area contributed by atoms with Gasteiger partial charge in [0.1, 0.15) is 0 Å². The SMILES string of the molecule is CSc1cccc(NC(=O)c2nnn(Cc3cc(C)ccc3C)c2N)c1. The summed E-state index contributed by atoms with van der Waals surface area (Å²) in [7, 11) is 0. The Bertz CT molecular complexity index is 951. The van der Waals surface area contributed by atoms with E-state index in [2.05, 4.69) is 33.8 Å². The van der Waals surface area contributed by atoms with Gasteiger partial charge in [-0.15, -0.1) is 16.9 Å². The molecule has 3 rings (SSSR count). The summed E-state index contributed by atoms with van der Waals surface area (Å²) in [6, 6.07) is 13.8. The molecule has 3 aromatic rings. The molecule has 0 aliphatic heterocycles. The van der Waals surface area contributed by atoms with Crippen molar-refractivity contribution in [2.45, 2.75) is 25.3 Å². The average molecular weight is 367 g/mol. The molecule has 6 nitrogen and oxygen atoms in total. The Morgan fingerprint density at radius 1 is 1.23 bits per heavy atom. The number of nitrogens with zero attached hydrogens (tertiary/aromatic N) is 3. The van der Waals surface area contributed by atoms with Crippen LogP contribution in [0.5, 0.6) is 0 Å². The molecule has 1 amide bonds. The van der Waals surface area contributed by atoms with Gasteiger partial charge in [0, 0.05) is 10.6 Å². The number of nitrogens with one attached hydrogen (secondary N) is 1. The predicted molar refractivity (Wildman–Crippen MR) is 106 cm³/mol. The van der Waals surface area contributed by atoms with Gasteiger partial charge in [0.15, 0.2) is 11.5 Å². The van der Waals surface area contributed by atoms with Crippen LogP contribution in [-0.2, 0) is 6.54 Å². The highest BCUT2D eigenvalue weighted by atomic mass is 32.2. The Hall–Kier alpha value is -2.80. The summed E-state index contributed by atoms with van der Waals surface area (Å²) in [6.45, 7) is 4.55. The van der Waals surface area contributed by atoms with Gasteiger partial charge in [-0.1, -0.05) is 35.0 Å². The van der Waals surface area contributed by atoms with Crippen LogP contribution in [0.15, 0.2) is 47.4 Å². The van der Waals surface area contributed by atoms with Crippen LogP contribution >= 0.6 is 11.8 Å². The molecule has 2 aromatic carbocycles. The number of benzene rings is 2. The summed E-state index contributed by atoms with van der Waals surface area (Å²) in [5.41, 5.74) is 10.4. The van der Waals surface area contributed by atoms with Gasteiger partial charge in [-0.2, -0.15) is 0 Å². The molecule has 26 heavy (non-hydrogen) atoms. The number of aryl methyl sites for hydroxylation is 2. The molecule has 0 bridgehead atoms. The van der Waals surface area contributed by atoms with Crippen LogP contribution in [0.25, 0.3) is 0 Å². The minimum Gasteiger partial charge on any atom is -0.382 e. The largest absolute Gasteiger partial charge is 0.382 e. The molecule has 0 atom stereocenters. The number of amides is 1. The number of thioether (sulfide) groups is 1. The number of carbonyl (C=O) groups excluding carboxylic acids is 1. The second-order valence-electron chi connectivity index (χ2n) is 6.10. The van der Waals surface area contributed by atoms with Crippen LogP contribution in [0.4, 0.5) is 11.5 Å². The van der Waals surface area contributed by atoms with Crippen LogP contribution in [0, 0.1) is 13.8 Å². The first-order valence-corrected chi connectivity index (χ1v) is 9.41. The summed E-state index contributed by atoms with van der Waals surface area (Å²) in [6.07, 6.45) is 1.98. The van der Waals surface area contributed by atoms with Gasteiger partial charge in [-0.05, 0) is 49.4 Å². The van der Waals surface area contributed by atoms with E-state index in [4.69, 9.17) is 5.73 Å². The first-order valence-electron chi connectivity index (χ1n) is 8.18. The van der Waals surface area contributed by atoms with Crippen LogP contribution in [0.1, 0.15) is 27.2 Å². The van der Waals surface area contributed by atoms with E-state index >= 15 is 0 Å². The van der Waals surface area contributed by atoms with Gasteiger partial charge >= 0.3 is 0 Å². The molecule has 134 valence electrons. The van der Waals surface area contributed by atoms with Gasteiger partial charge in [-0.3, -0.25) is 4.79 Å². The van der Waals surface area contributed by atoms with Crippen molar-refractivity contribution in [1.82, 2.24) is 15.0 Å². The van der Waals surface area contributed by atoms with Gasteiger partial charge in [-0.25, -0.2) is 4.68 Å². The topological polar surface area (TPSA) is 85.8 Å². The van der Waals surface area contributed by atoms with Crippen molar-refractivity contribution in [2.24, 2.45) is 0 Å². The Kier molecular flexibility index (Phi) is 5.27. The number of carbonyl (C=O) groups is 1. The highest BCUT2D eigenvalue weighted by Crippen LogP contribution is 2.20. The second-order valence-corrected chi connectivity index (χ2v) is 6.98. The smallest absolute Gasteiger partial charge is 0.280 e. The third kappa shape index (κ3) is 3.88. The van der Waals surface area contributed by atoms with E-state index < -0.39 is 0 Å². The molecule has 0 saturated carbocycles. The van der Waals surface area contributed by atoms with Crippen LogP contribution in [-0.4, -0.2) is 27.2 Å². The molecule has 0 unspecified atom stereocenters. The molecule has 0 aliphatic carbocycles. The summed E-state index contributed by atoms with van der Waals surface area (Å²) in [5.74, 6) is -0.114. The molecule has 7 heteroatoms.